The standard InChI is InChI=1S/C24H22N2O4/c1-14-24(26-10-9-25-14)20-4-2-3-19-18(20)7-8-21(19)30-16-5-6-17-15(11-23(27)28)13-29-22(17)12-16/h2-6,9-10,12,15,21H,7-8,11,13H2,1H3,(H,27,28). The highest BCUT2D eigenvalue weighted by Crippen LogP contribution is 2.42. The van der Waals surface area contributed by atoms with Crippen LogP contribution in [0, 0.1) is 6.92 Å². The lowest BCUT2D eigenvalue weighted by Crippen LogP contribution is -2.07. The highest BCUT2D eigenvalue weighted by molar-refractivity contribution is 5.69. The number of aryl methyl sites for hydroxylation is 1. The highest BCUT2D eigenvalue weighted by Gasteiger charge is 2.29. The number of rotatable bonds is 5. The number of hydrogen-bond donors (Lipinski definition) is 1. The van der Waals surface area contributed by atoms with Crippen molar-refractivity contribution in [1.29, 1.82) is 0 Å². The van der Waals surface area contributed by atoms with Crippen LogP contribution in [0.1, 0.15) is 47.2 Å². The summed E-state index contributed by atoms with van der Waals surface area (Å²) in [6, 6.07) is 12.0. The highest BCUT2D eigenvalue weighted by atomic mass is 16.5. The van der Waals surface area contributed by atoms with Crippen molar-refractivity contribution < 1.29 is 19.4 Å². The van der Waals surface area contributed by atoms with Crippen molar-refractivity contribution in [2.45, 2.75) is 38.2 Å². The quantitative estimate of drug-likeness (QED) is 0.678. The first-order valence-electron chi connectivity index (χ1n) is 10.1. The number of fused-ring (bicyclic) bond motifs is 2. The largest absolute Gasteiger partial charge is 0.492 e. The number of ether oxygens (including phenoxy) is 2. The van der Waals surface area contributed by atoms with Crippen LogP contribution in [0.2, 0.25) is 0 Å². The van der Waals surface area contributed by atoms with Gasteiger partial charge in [0.05, 0.1) is 24.4 Å². The molecule has 152 valence electrons. The van der Waals surface area contributed by atoms with Gasteiger partial charge in [-0.3, -0.25) is 14.8 Å². The Hall–Kier alpha value is -3.41. The molecule has 0 radical (unpaired) electrons. The molecule has 6 heteroatoms. The van der Waals surface area contributed by atoms with Crippen molar-refractivity contribution >= 4 is 5.97 Å². The number of carbonyl (C=O) groups is 1. The molecular weight excluding hydrogens is 380 g/mol. The summed E-state index contributed by atoms with van der Waals surface area (Å²) in [7, 11) is 0. The third kappa shape index (κ3) is 3.28. The molecule has 1 aromatic heterocycles. The zero-order valence-corrected chi connectivity index (χ0v) is 16.7. The maximum atomic E-state index is 11.0. The van der Waals surface area contributed by atoms with Crippen LogP contribution in [0.25, 0.3) is 11.3 Å². The molecule has 2 unspecified atom stereocenters. The summed E-state index contributed by atoms with van der Waals surface area (Å²) in [5.41, 5.74) is 6.36. The monoisotopic (exact) mass is 402 g/mol. The van der Waals surface area contributed by atoms with Gasteiger partial charge in [-0.1, -0.05) is 24.3 Å². The van der Waals surface area contributed by atoms with Crippen molar-refractivity contribution in [1.82, 2.24) is 9.97 Å². The topological polar surface area (TPSA) is 81.5 Å². The van der Waals surface area contributed by atoms with Crippen LogP contribution in [0.5, 0.6) is 11.5 Å². The van der Waals surface area contributed by atoms with E-state index in [1.165, 1.54) is 11.1 Å². The SMILES string of the molecule is Cc1nccnc1-c1cccc2c1CCC2Oc1ccc2c(c1)OCC2CC(=O)O. The fourth-order valence-corrected chi connectivity index (χ4v) is 4.51. The Morgan fingerprint density at radius 3 is 2.90 bits per heavy atom. The molecular formula is C24H22N2O4. The minimum absolute atomic E-state index is 0.0359. The normalized spacial score (nSPS) is 19.1. The molecule has 0 fully saturated rings. The lowest BCUT2D eigenvalue weighted by molar-refractivity contribution is -0.137. The summed E-state index contributed by atoms with van der Waals surface area (Å²) in [5, 5.41) is 9.07. The number of hydrogen-bond acceptors (Lipinski definition) is 5. The summed E-state index contributed by atoms with van der Waals surface area (Å²) >= 11 is 0. The van der Waals surface area contributed by atoms with Gasteiger partial charge < -0.3 is 14.6 Å². The predicted molar refractivity (Wildman–Crippen MR) is 111 cm³/mol. The van der Waals surface area contributed by atoms with E-state index in [1.807, 2.05) is 31.2 Å². The molecule has 2 atom stereocenters. The lowest BCUT2D eigenvalue weighted by atomic mass is 9.98. The van der Waals surface area contributed by atoms with Crippen LogP contribution in [-0.4, -0.2) is 27.7 Å². The maximum absolute atomic E-state index is 11.0. The molecule has 2 heterocycles. The first-order chi connectivity index (χ1) is 14.6. The number of carboxylic acids is 1. The summed E-state index contributed by atoms with van der Waals surface area (Å²) in [5.74, 6) is 0.551. The van der Waals surface area contributed by atoms with Crippen molar-refractivity contribution in [3.05, 3.63) is 71.2 Å². The zero-order chi connectivity index (χ0) is 20.7. The Morgan fingerprint density at radius 1 is 1.20 bits per heavy atom. The van der Waals surface area contributed by atoms with Crippen LogP contribution in [-0.2, 0) is 11.2 Å². The van der Waals surface area contributed by atoms with Crippen molar-refractivity contribution in [3.8, 4) is 22.8 Å². The summed E-state index contributed by atoms with van der Waals surface area (Å²) in [6.07, 6.45) is 5.30. The molecule has 1 aliphatic carbocycles. The molecule has 1 aliphatic heterocycles. The van der Waals surface area contributed by atoms with Gasteiger partial charge in [0.2, 0.25) is 0 Å². The molecule has 0 saturated heterocycles. The molecule has 2 aliphatic rings. The molecule has 3 aromatic rings. The van der Waals surface area contributed by atoms with E-state index >= 15 is 0 Å². The van der Waals surface area contributed by atoms with E-state index in [2.05, 4.69) is 22.1 Å². The van der Waals surface area contributed by atoms with Gasteiger partial charge in [-0.05, 0) is 37.0 Å². The number of carboxylic acid groups (broad SMARTS) is 1. The smallest absolute Gasteiger partial charge is 0.304 e. The van der Waals surface area contributed by atoms with Crippen LogP contribution in [0.4, 0.5) is 0 Å². The molecule has 1 N–H and O–H groups in total. The first-order valence-corrected chi connectivity index (χ1v) is 10.1. The van der Waals surface area contributed by atoms with Gasteiger partial charge in [-0.25, -0.2) is 0 Å². The Balaban J connectivity index is 1.40. The molecule has 0 amide bonds. The van der Waals surface area contributed by atoms with Crippen molar-refractivity contribution in [2.24, 2.45) is 0 Å². The Bertz CT molecular complexity index is 1130. The molecule has 5 rings (SSSR count). The summed E-state index contributed by atoms with van der Waals surface area (Å²) < 4.78 is 12.1. The van der Waals surface area contributed by atoms with E-state index in [0.29, 0.717) is 6.61 Å². The minimum atomic E-state index is -0.812. The first kappa shape index (κ1) is 18.6. The number of benzene rings is 2. The molecule has 0 saturated carbocycles. The molecule has 6 nitrogen and oxygen atoms in total. The Kier molecular flexibility index (Phi) is 4.62. The van der Waals surface area contributed by atoms with Gasteiger partial charge in [0.25, 0.3) is 0 Å². The number of aromatic nitrogens is 2. The number of aliphatic carboxylic acids is 1. The Morgan fingerprint density at radius 2 is 2.07 bits per heavy atom. The lowest BCUT2D eigenvalue weighted by Gasteiger charge is -2.16. The van der Waals surface area contributed by atoms with Gasteiger partial charge in [0.1, 0.15) is 17.6 Å². The molecule has 0 bridgehead atoms. The number of nitrogens with zero attached hydrogens (tertiary/aromatic N) is 2. The molecule has 30 heavy (non-hydrogen) atoms. The van der Waals surface area contributed by atoms with Crippen LogP contribution in [0.15, 0.2) is 48.8 Å². The predicted octanol–water partition coefficient (Wildman–Crippen LogP) is 4.47. The van der Waals surface area contributed by atoms with Gasteiger partial charge in [-0.15, -0.1) is 0 Å². The fourth-order valence-electron chi connectivity index (χ4n) is 4.51. The molecule has 0 spiro atoms. The van der Waals surface area contributed by atoms with Crippen LogP contribution < -0.4 is 9.47 Å². The summed E-state index contributed by atoms with van der Waals surface area (Å²) in [4.78, 5) is 20.0. The average Bonchev–Trinajstić information content (AvgIpc) is 3.32. The van der Waals surface area contributed by atoms with E-state index in [1.54, 1.807) is 12.4 Å². The van der Waals surface area contributed by atoms with E-state index in [4.69, 9.17) is 14.6 Å². The van der Waals surface area contributed by atoms with E-state index in [9.17, 15) is 4.79 Å². The third-order valence-corrected chi connectivity index (χ3v) is 5.92. The second-order valence-corrected chi connectivity index (χ2v) is 7.81. The van der Waals surface area contributed by atoms with Crippen molar-refractivity contribution in [2.75, 3.05) is 6.61 Å². The summed E-state index contributed by atoms with van der Waals surface area (Å²) in [6.45, 7) is 2.38. The zero-order valence-electron chi connectivity index (χ0n) is 16.7. The maximum Gasteiger partial charge on any atom is 0.304 e. The van der Waals surface area contributed by atoms with E-state index in [-0.39, 0.29) is 18.4 Å². The van der Waals surface area contributed by atoms with Crippen LogP contribution >= 0.6 is 0 Å². The van der Waals surface area contributed by atoms with Crippen LogP contribution in [0.3, 0.4) is 0 Å². The van der Waals surface area contributed by atoms with Crippen molar-refractivity contribution in [3.63, 3.8) is 0 Å². The van der Waals surface area contributed by atoms with E-state index < -0.39 is 5.97 Å². The van der Waals surface area contributed by atoms with Gasteiger partial charge in [-0.2, -0.15) is 0 Å². The van der Waals surface area contributed by atoms with E-state index in [0.717, 1.165) is 46.9 Å². The van der Waals surface area contributed by atoms with Gasteiger partial charge in [0.15, 0.2) is 0 Å². The minimum Gasteiger partial charge on any atom is -0.492 e. The second-order valence-electron chi connectivity index (χ2n) is 7.81. The van der Waals surface area contributed by atoms with Gasteiger partial charge >= 0.3 is 5.97 Å². The fraction of sp³-hybridized carbons (Fsp3) is 0.292. The average molecular weight is 402 g/mol. The van der Waals surface area contributed by atoms with Gasteiger partial charge in [0, 0.05) is 35.5 Å². The third-order valence-electron chi connectivity index (χ3n) is 5.92. The Labute approximate surface area is 174 Å². The second kappa shape index (κ2) is 7.44. The molecule has 2 aromatic carbocycles.